The molecule has 2 aromatic heterocycles. The summed E-state index contributed by atoms with van der Waals surface area (Å²) in [6.07, 6.45) is 6.60. The van der Waals surface area contributed by atoms with E-state index in [-0.39, 0.29) is 0 Å². The number of aryl methyl sites for hydroxylation is 1. The minimum atomic E-state index is 0.681. The molecule has 22 heavy (non-hydrogen) atoms. The summed E-state index contributed by atoms with van der Waals surface area (Å²) in [7, 11) is 2.10. The third-order valence-electron chi connectivity index (χ3n) is 3.49. The summed E-state index contributed by atoms with van der Waals surface area (Å²) in [4.78, 5) is 6.80. The van der Waals surface area contributed by atoms with Crippen LogP contribution in [0.3, 0.4) is 0 Å². The van der Waals surface area contributed by atoms with Crippen LogP contribution < -0.4 is 0 Å². The van der Waals surface area contributed by atoms with Gasteiger partial charge in [-0.2, -0.15) is 5.10 Å². The highest BCUT2D eigenvalue weighted by molar-refractivity contribution is 5.52. The van der Waals surface area contributed by atoms with Gasteiger partial charge in [-0.25, -0.2) is 4.98 Å². The average molecular weight is 296 g/mol. The molecule has 0 atom stereocenters. The number of hydrogen-bond acceptors (Lipinski definition) is 4. The number of nitrogens with zero attached hydrogens (tertiary/aromatic N) is 4. The van der Waals surface area contributed by atoms with Gasteiger partial charge in [-0.1, -0.05) is 18.2 Å². The molecule has 0 amide bonds. The van der Waals surface area contributed by atoms with Crippen LogP contribution in [0, 0.1) is 0 Å². The van der Waals surface area contributed by atoms with Gasteiger partial charge in [0, 0.05) is 37.6 Å². The second kappa shape index (κ2) is 7.04. The highest BCUT2D eigenvalue weighted by Gasteiger charge is 2.08. The predicted octanol–water partition coefficient (Wildman–Crippen LogP) is 3.06. The van der Waals surface area contributed by atoms with Crippen molar-refractivity contribution < 1.29 is 4.42 Å². The average Bonchev–Trinajstić information content (AvgIpc) is 3.20. The van der Waals surface area contributed by atoms with Crippen molar-refractivity contribution in [2.24, 2.45) is 0 Å². The van der Waals surface area contributed by atoms with Crippen LogP contribution in [0.5, 0.6) is 0 Å². The summed E-state index contributed by atoms with van der Waals surface area (Å²) >= 11 is 0. The summed E-state index contributed by atoms with van der Waals surface area (Å²) in [5.41, 5.74) is 1.97. The number of aromatic nitrogens is 3. The van der Waals surface area contributed by atoms with E-state index in [0.717, 1.165) is 37.3 Å². The van der Waals surface area contributed by atoms with Crippen molar-refractivity contribution in [3.63, 3.8) is 0 Å². The molecule has 0 fully saturated rings. The second-order valence-electron chi connectivity index (χ2n) is 5.37. The summed E-state index contributed by atoms with van der Waals surface area (Å²) in [5, 5.41) is 4.20. The Kier molecular flexibility index (Phi) is 4.65. The lowest BCUT2D eigenvalue weighted by atomic mass is 10.2. The molecular weight excluding hydrogens is 276 g/mol. The van der Waals surface area contributed by atoms with E-state index in [1.165, 1.54) is 0 Å². The molecule has 0 saturated carbocycles. The van der Waals surface area contributed by atoms with Crippen LogP contribution in [0.2, 0.25) is 0 Å². The predicted molar refractivity (Wildman–Crippen MR) is 85.1 cm³/mol. The van der Waals surface area contributed by atoms with E-state index >= 15 is 0 Å². The molecule has 0 radical (unpaired) electrons. The second-order valence-corrected chi connectivity index (χ2v) is 5.37. The van der Waals surface area contributed by atoms with E-state index in [1.807, 2.05) is 53.5 Å². The molecule has 0 spiro atoms. The summed E-state index contributed by atoms with van der Waals surface area (Å²) < 4.78 is 7.52. The molecular formula is C17H20N4O. The number of benzene rings is 1. The van der Waals surface area contributed by atoms with E-state index in [9.17, 15) is 0 Å². The van der Waals surface area contributed by atoms with Crippen molar-refractivity contribution >= 4 is 0 Å². The quantitative estimate of drug-likeness (QED) is 0.672. The first-order chi connectivity index (χ1) is 10.8. The van der Waals surface area contributed by atoms with E-state index < -0.39 is 0 Å². The summed E-state index contributed by atoms with van der Waals surface area (Å²) in [6, 6.07) is 11.9. The van der Waals surface area contributed by atoms with E-state index in [2.05, 4.69) is 22.0 Å². The SMILES string of the molecule is CN(CCCn1cccn1)Cc1coc(-c2ccccc2)n1. The van der Waals surface area contributed by atoms with Gasteiger partial charge in [0.1, 0.15) is 6.26 Å². The van der Waals surface area contributed by atoms with Gasteiger partial charge >= 0.3 is 0 Å². The van der Waals surface area contributed by atoms with Gasteiger partial charge in [-0.05, 0) is 31.7 Å². The van der Waals surface area contributed by atoms with Crippen molar-refractivity contribution in [1.82, 2.24) is 19.7 Å². The molecule has 0 aliphatic rings. The zero-order chi connectivity index (χ0) is 15.2. The van der Waals surface area contributed by atoms with E-state index in [4.69, 9.17) is 4.42 Å². The van der Waals surface area contributed by atoms with Crippen LogP contribution in [0.15, 0.2) is 59.5 Å². The van der Waals surface area contributed by atoms with Gasteiger partial charge in [0.05, 0.1) is 5.69 Å². The largest absolute Gasteiger partial charge is 0.444 e. The van der Waals surface area contributed by atoms with Crippen LogP contribution in [0.4, 0.5) is 0 Å². The van der Waals surface area contributed by atoms with Crippen molar-refractivity contribution in [3.8, 4) is 11.5 Å². The molecule has 3 aromatic rings. The summed E-state index contributed by atoms with van der Waals surface area (Å²) in [5.74, 6) is 0.681. The van der Waals surface area contributed by atoms with Gasteiger partial charge in [0.15, 0.2) is 0 Å². The monoisotopic (exact) mass is 296 g/mol. The first-order valence-corrected chi connectivity index (χ1v) is 7.47. The van der Waals surface area contributed by atoms with Crippen molar-refractivity contribution in [1.29, 1.82) is 0 Å². The Hall–Kier alpha value is -2.40. The van der Waals surface area contributed by atoms with Gasteiger partial charge in [0.2, 0.25) is 5.89 Å². The van der Waals surface area contributed by atoms with E-state index in [0.29, 0.717) is 5.89 Å². The lowest BCUT2D eigenvalue weighted by Gasteiger charge is -2.14. The highest BCUT2D eigenvalue weighted by atomic mass is 16.3. The number of rotatable bonds is 7. The van der Waals surface area contributed by atoms with Crippen LogP contribution >= 0.6 is 0 Å². The number of oxazole rings is 1. The molecule has 2 heterocycles. The fraction of sp³-hybridized carbons (Fsp3) is 0.294. The molecule has 5 nitrogen and oxygen atoms in total. The minimum absolute atomic E-state index is 0.681. The molecule has 1 aromatic carbocycles. The fourth-order valence-electron chi connectivity index (χ4n) is 2.38. The standard InChI is InChI=1S/C17H20N4O/c1-20(10-6-12-21-11-5-9-18-21)13-16-14-22-17(19-16)15-7-3-2-4-8-15/h2-5,7-9,11,14H,6,10,12-13H2,1H3. The highest BCUT2D eigenvalue weighted by Crippen LogP contribution is 2.18. The molecule has 0 bridgehead atoms. The minimum Gasteiger partial charge on any atom is -0.444 e. The van der Waals surface area contributed by atoms with Crippen LogP contribution in [-0.2, 0) is 13.1 Å². The Balaban J connectivity index is 1.49. The molecule has 5 heteroatoms. The Morgan fingerprint density at radius 2 is 2.05 bits per heavy atom. The van der Waals surface area contributed by atoms with Crippen molar-refractivity contribution in [2.45, 2.75) is 19.5 Å². The zero-order valence-electron chi connectivity index (χ0n) is 12.7. The Morgan fingerprint density at radius 1 is 1.18 bits per heavy atom. The maximum absolute atomic E-state index is 5.56. The third-order valence-corrected chi connectivity index (χ3v) is 3.49. The molecule has 0 saturated heterocycles. The van der Waals surface area contributed by atoms with Crippen molar-refractivity contribution in [3.05, 3.63) is 60.7 Å². The lowest BCUT2D eigenvalue weighted by Crippen LogP contribution is -2.20. The van der Waals surface area contributed by atoms with Gasteiger partial charge < -0.3 is 9.32 Å². The van der Waals surface area contributed by atoms with Crippen molar-refractivity contribution in [2.75, 3.05) is 13.6 Å². The molecule has 0 aliphatic carbocycles. The maximum atomic E-state index is 5.56. The van der Waals surface area contributed by atoms with Gasteiger partial charge in [-0.3, -0.25) is 4.68 Å². The first-order valence-electron chi connectivity index (χ1n) is 7.47. The summed E-state index contributed by atoms with van der Waals surface area (Å²) in [6.45, 7) is 2.72. The third kappa shape index (κ3) is 3.83. The van der Waals surface area contributed by atoms with E-state index in [1.54, 1.807) is 6.26 Å². The lowest BCUT2D eigenvalue weighted by molar-refractivity contribution is 0.307. The smallest absolute Gasteiger partial charge is 0.226 e. The Morgan fingerprint density at radius 3 is 2.82 bits per heavy atom. The van der Waals surface area contributed by atoms with Gasteiger partial charge in [-0.15, -0.1) is 0 Å². The Labute approximate surface area is 130 Å². The zero-order valence-corrected chi connectivity index (χ0v) is 12.7. The number of hydrogen-bond donors (Lipinski definition) is 0. The topological polar surface area (TPSA) is 47.1 Å². The molecule has 0 N–H and O–H groups in total. The molecule has 0 aliphatic heterocycles. The molecule has 114 valence electrons. The van der Waals surface area contributed by atoms with Gasteiger partial charge in [0.25, 0.3) is 0 Å². The fourth-order valence-corrected chi connectivity index (χ4v) is 2.38. The molecule has 0 unspecified atom stereocenters. The van der Waals surface area contributed by atoms with Crippen LogP contribution in [0.25, 0.3) is 11.5 Å². The van der Waals surface area contributed by atoms with Crippen LogP contribution in [0.1, 0.15) is 12.1 Å². The normalized spacial score (nSPS) is 11.2. The molecule has 3 rings (SSSR count). The first kappa shape index (κ1) is 14.5. The maximum Gasteiger partial charge on any atom is 0.226 e. The Bertz CT molecular complexity index is 676. The van der Waals surface area contributed by atoms with Crippen LogP contribution in [-0.4, -0.2) is 33.3 Å².